The lowest BCUT2D eigenvalue weighted by Crippen LogP contribution is -2.61. The van der Waals surface area contributed by atoms with Gasteiger partial charge in [-0.15, -0.1) is 0 Å². The second-order valence-corrected chi connectivity index (χ2v) is 5.35. The van der Waals surface area contributed by atoms with Crippen LogP contribution in [0.3, 0.4) is 0 Å². The summed E-state index contributed by atoms with van der Waals surface area (Å²) in [5.41, 5.74) is 1.18. The molecule has 1 fully saturated rings. The van der Waals surface area contributed by atoms with Crippen LogP contribution in [0.5, 0.6) is 0 Å². The second-order valence-electron chi connectivity index (χ2n) is 5.35. The Morgan fingerprint density at radius 2 is 2.24 bits per heavy atom. The molecule has 1 aliphatic carbocycles. The summed E-state index contributed by atoms with van der Waals surface area (Å²) in [5.74, 6) is 0. The van der Waals surface area contributed by atoms with E-state index < -0.39 is 0 Å². The Morgan fingerprint density at radius 1 is 1.47 bits per heavy atom. The zero-order chi connectivity index (χ0) is 12.5. The first kappa shape index (κ1) is 12.5. The van der Waals surface area contributed by atoms with Gasteiger partial charge in [0.1, 0.15) is 0 Å². The van der Waals surface area contributed by atoms with E-state index in [9.17, 15) is 0 Å². The summed E-state index contributed by atoms with van der Waals surface area (Å²) in [4.78, 5) is 8.42. The molecule has 1 heterocycles. The summed E-state index contributed by atoms with van der Waals surface area (Å²) in [6.45, 7) is 6.61. The molecular formula is C13H21N3O. The topological polar surface area (TPSA) is 47.0 Å². The summed E-state index contributed by atoms with van der Waals surface area (Å²) in [6, 6.07) is 0.704. The van der Waals surface area contributed by atoms with Gasteiger partial charge < -0.3 is 10.1 Å². The van der Waals surface area contributed by atoms with Gasteiger partial charge in [0.15, 0.2) is 0 Å². The van der Waals surface area contributed by atoms with Crippen LogP contribution in [0.15, 0.2) is 18.6 Å². The van der Waals surface area contributed by atoms with Crippen LogP contribution in [-0.4, -0.2) is 29.2 Å². The normalized spacial score (nSPS) is 28.5. The van der Waals surface area contributed by atoms with Crippen molar-refractivity contribution >= 4 is 0 Å². The summed E-state index contributed by atoms with van der Waals surface area (Å²) < 4.78 is 5.45. The minimum absolute atomic E-state index is 0.186. The first-order valence-corrected chi connectivity index (χ1v) is 6.10. The molecule has 1 aliphatic rings. The smallest absolute Gasteiger partial charge is 0.0753 e. The lowest BCUT2D eigenvalue weighted by Gasteiger charge is -2.52. The average Bonchev–Trinajstić information content (AvgIpc) is 2.34. The van der Waals surface area contributed by atoms with Gasteiger partial charge in [0.2, 0.25) is 0 Å². The number of nitrogens with zero attached hydrogens (tertiary/aromatic N) is 2. The van der Waals surface area contributed by atoms with E-state index in [0.29, 0.717) is 12.1 Å². The molecule has 2 rings (SSSR count). The molecule has 1 aromatic heterocycles. The Morgan fingerprint density at radius 3 is 2.76 bits per heavy atom. The van der Waals surface area contributed by atoms with Crippen molar-refractivity contribution in [3.63, 3.8) is 0 Å². The molecule has 1 saturated carbocycles. The second kappa shape index (κ2) is 4.70. The molecule has 3 unspecified atom stereocenters. The zero-order valence-electron chi connectivity index (χ0n) is 11.0. The van der Waals surface area contributed by atoms with Crippen molar-refractivity contribution in [2.24, 2.45) is 5.41 Å². The first-order valence-electron chi connectivity index (χ1n) is 6.10. The predicted octanol–water partition coefficient (Wildman–Crippen LogP) is 1.94. The summed E-state index contributed by atoms with van der Waals surface area (Å²) >= 11 is 0. The Labute approximate surface area is 103 Å². The van der Waals surface area contributed by atoms with Gasteiger partial charge in [-0.25, -0.2) is 0 Å². The molecule has 0 aromatic carbocycles. The maximum atomic E-state index is 5.45. The van der Waals surface area contributed by atoms with Gasteiger partial charge in [-0.3, -0.25) is 9.97 Å². The fraction of sp³-hybridized carbons (Fsp3) is 0.692. The van der Waals surface area contributed by atoms with Gasteiger partial charge in [-0.1, -0.05) is 13.8 Å². The van der Waals surface area contributed by atoms with Crippen LogP contribution in [0, 0.1) is 5.41 Å². The molecular weight excluding hydrogens is 214 g/mol. The number of nitrogens with one attached hydrogen (secondary N) is 1. The standard InChI is InChI=1S/C13H21N3O/c1-9(10-8-14-5-6-15-10)16-11-7-12(17-4)13(11,2)3/h5-6,8-9,11-12,16H,7H2,1-4H3. The molecule has 0 spiro atoms. The Bertz CT molecular complexity index is 366. The Balaban J connectivity index is 1.95. The number of aromatic nitrogens is 2. The van der Waals surface area contributed by atoms with E-state index in [1.54, 1.807) is 19.5 Å². The van der Waals surface area contributed by atoms with Crippen molar-refractivity contribution in [1.29, 1.82) is 0 Å². The number of hydrogen-bond donors (Lipinski definition) is 1. The Hall–Kier alpha value is -1.00. The zero-order valence-corrected chi connectivity index (χ0v) is 11.0. The SMILES string of the molecule is COC1CC(NC(C)c2cnccn2)C1(C)C. The fourth-order valence-corrected chi connectivity index (χ4v) is 2.49. The summed E-state index contributed by atoms with van der Waals surface area (Å²) in [7, 11) is 1.79. The minimum atomic E-state index is 0.186. The fourth-order valence-electron chi connectivity index (χ4n) is 2.49. The minimum Gasteiger partial charge on any atom is -0.381 e. The number of rotatable bonds is 4. The number of hydrogen-bond acceptors (Lipinski definition) is 4. The van der Waals surface area contributed by atoms with Crippen molar-refractivity contribution in [3.05, 3.63) is 24.3 Å². The van der Waals surface area contributed by atoms with E-state index in [2.05, 4.69) is 36.1 Å². The maximum absolute atomic E-state index is 5.45. The molecule has 1 N–H and O–H groups in total. The van der Waals surface area contributed by atoms with Crippen LogP contribution >= 0.6 is 0 Å². The van der Waals surface area contributed by atoms with Crippen LogP contribution in [0.4, 0.5) is 0 Å². The molecule has 0 bridgehead atoms. The molecule has 0 saturated heterocycles. The first-order chi connectivity index (χ1) is 8.05. The van der Waals surface area contributed by atoms with E-state index >= 15 is 0 Å². The quantitative estimate of drug-likeness (QED) is 0.866. The lowest BCUT2D eigenvalue weighted by molar-refractivity contribution is -0.1000. The van der Waals surface area contributed by atoms with E-state index in [0.717, 1.165) is 12.1 Å². The van der Waals surface area contributed by atoms with Crippen molar-refractivity contribution in [2.45, 2.75) is 45.4 Å². The third-order valence-electron chi connectivity index (χ3n) is 3.94. The van der Waals surface area contributed by atoms with E-state index in [-0.39, 0.29) is 11.5 Å². The van der Waals surface area contributed by atoms with Crippen molar-refractivity contribution in [1.82, 2.24) is 15.3 Å². The molecule has 0 amide bonds. The van der Waals surface area contributed by atoms with Crippen LogP contribution in [-0.2, 0) is 4.74 Å². The average molecular weight is 235 g/mol. The van der Waals surface area contributed by atoms with Gasteiger partial charge in [-0.2, -0.15) is 0 Å². The predicted molar refractivity (Wildman–Crippen MR) is 66.6 cm³/mol. The number of methoxy groups -OCH3 is 1. The van der Waals surface area contributed by atoms with Gasteiger partial charge in [-0.05, 0) is 13.3 Å². The van der Waals surface area contributed by atoms with E-state index in [1.807, 2.05) is 6.20 Å². The van der Waals surface area contributed by atoms with E-state index in [1.165, 1.54) is 0 Å². The molecule has 94 valence electrons. The van der Waals surface area contributed by atoms with Crippen molar-refractivity contribution < 1.29 is 4.74 Å². The molecule has 0 aliphatic heterocycles. The Kier molecular flexibility index (Phi) is 3.45. The van der Waals surface area contributed by atoms with Gasteiger partial charge in [0, 0.05) is 43.2 Å². The third kappa shape index (κ3) is 2.33. The van der Waals surface area contributed by atoms with Crippen molar-refractivity contribution in [2.75, 3.05) is 7.11 Å². The summed E-state index contributed by atoms with van der Waals surface area (Å²) in [6.07, 6.45) is 6.67. The number of ether oxygens (including phenoxy) is 1. The molecule has 17 heavy (non-hydrogen) atoms. The molecule has 1 aromatic rings. The van der Waals surface area contributed by atoms with Crippen LogP contribution in [0.2, 0.25) is 0 Å². The highest BCUT2D eigenvalue weighted by atomic mass is 16.5. The molecule has 4 nitrogen and oxygen atoms in total. The lowest BCUT2D eigenvalue weighted by atomic mass is 9.64. The van der Waals surface area contributed by atoms with Gasteiger partial charge >= 0.3 is 0 Å². The highest BCUT2D eigenvalue weighted by Crippen LogP contribution is 2.43. The highest BCUT2D eigenvalue weighted by molar-refractivity contribution is 5.07. The largest absolute Gasteiger partial charge is 0.381 e. The van der Waals surface area contributed by atoms with Gasteiger partial charge in [0.25, 0.3) is 0 Å². The van der Waals surface area contributed by atoms with Crippen LogP contribution in [0.1, 0.15) is 38.9 Å². The monoisotopic (exact) mass is 235 g/mol. The molecule has 4 heteroatoms. The third-order valence-corrected chi connectivity index (χ3v) is 3.94. The molecule has 3 atom stereocenters. The maximum Gasteiger partial charge on any atom is 0.0753 e. The van der Waals surface area contributed by atoms with Crippen LogP contribution in [0.25, 0.3) is 0 Å². The molecule has 0 radical (unpaired) electrons. The van der Waals surface area contributed by atoms with E-state index in [4.69, 9.17) is 4.74 Å². The highest BCUT2D eigenvalue weighted by Gasteiger charge is 2.48. The van der Waals surface area contributed by atoms with Crippen LogP contribution < -0.4 is 5.32 Å². The summed E-state index contributed by atoms with van der Waals surface area (Å²) in [5, 5.41) is 3.60. The van der Waals surface area contributed by atoms with Gasteiger partial charge in [0.05, 0.1) is 11.8 Å². The van der Waals surface area contributed by atoms with Crippen molar-refractivity contribution in [3.8, 4) is 0 Å².